The number of ether oxygens (including phenoxy) is 4. The summed E-state index contributed by atoms with van der Waals surface area (Å²) in [5.74, 6) is -0.937. The van der Waals surface area contributed by atoms with Gasteiger partial charge in [0.2, 0.25) is 0 Å². The van der Waals surface area contributed by atoms with Crippen LogP contribution in [-0.2, 0) is 9.47 Å². The smallest absolute Gasteiger partial charge is 0.336 e. The van der Waals surface area contributed by atoms with Gasteiger partial charge in [0.15, 0.2) is 0 Å². The Labute approximate surface area is 220 Å². The van der Waals surface area contributed by atoms with E-state index in [1.165, 1.54) is 0 Å². The van der Waals surface area contributed by atoms with Crippen molar-refractivity contribution < 1.29 is 38.7 Å². The predicted molar refractivity (Wildman–Crippen MR) is 141 cm³/mol. The van der Waals surface area contributed by atoms with Crippen molar-refractivity contribution in [1.29, 1.82) is 0 Å². The molecule has 5 rings (SSSR count). The van der Waals surface area contributed by atoms with E-state index in [0.717, 1.165) is 33.4 Å². The second kappa shape index (κ2) is 10.1. The van der Waals surface area contributed by atoms with E-state index in [1.54, 1.807) is 36.4 Å². The van der Waals surface area contributed by atoms with Crippen LogP contribution in [-0.4, -0.2) is 60.8 Å². The number of carboxylic acid groups (broad SMARTS) is 2. The maximum atomic E-state index is 12.2. The molecule has 0 amide bonds. The molecular formula is C30H30O8. The van der Waals surface area contributed by atoms with Crippen LogP contribution in [0.4, 0.5) is 0 Å². The molecule has 2 fully saturated rings. The van der Waals surface area contributed by atoms with Gasteiger partial charge in [0, 0.05) is 11.1 Å². The number of carbonyl (C=O) groups is 2. The van der Waals surface area contributed by atoms with Crippen LogP contribution in [0.25, 0.3) is 22.3 Å². The normalized spacial score (nSPS) is 17.7. The van der Waals surface area contributed by atoms with Crippen LogP contribution < -0.4 is 9.47 Å². The summed E-state index contributed by atoms with van der Waals surface area (Å²) in [5, 5.41) is 19.9. The van der Waals surface area contributed by atoms with Crippen molar-refractivity contribution >= 4 is 11.9 Å². The van der Waals surface area contributed by atoms with Gasteiger partial charge in [-0.2, -0.15) is 0 Å². The molecule has 0 aliphatic carbocycles. The molecule has 0 bridgehead atoms. The molecule has 0 saturated carbocycles. The highest BCUT2D eigenvalue weighted by Crippen LogP contribution is 2.43. The number of epoxide rings is 2. The fourth-order valence-corrected chi connectivity index (χ4v) is 4.84. The standard InChI is InChI=1S/C30H30O8/c1-15-16(2)28(26-10-20(36-12-22-14-38-22)6-8-24(26)30(33)34)18(4)17(3)27(15)25-9-19(35-11-21-13-37-21)5-7-23(25)29(31)32/h5-10,21-22H,11-14H2,1-4H3,(H,31,32)(H,33,34). The molecule has 2 unspecified atom stereocenters. The van der Waals surface area contributed by atoms with Gasteiger partial charge in [-0.15, -0.1) is 0 Å². The zero-order chi connectivity index (χ0) is 27.1. The van der Waals surface area contributed by atoms with E-state index in [1.807, 2.05) is 27.7 Å². The van der Waals surface area contributed by atoms with E-state index in [-0.39, 0.29) is 23.3 Å². The Balaban J connectivity index is 1.64. The van der Waals surface area contributed by atoms with Gasteiger partial charge in [-0.25, -0.2) is 9.59 Å². The number of benzene rings is 3. The lowest BCUT2D eigenvalue weighted by Crippen LogP contribution is -2.09. The van der Waals surface area contributed by atoms with Gasteiger partial charge in [0.05, 0.1) is 24.3 Å². The molecule has 2 N–H and O–H groups in total. The van der Waals surface area contributed by atoms with Crippen LogP contribution in [0.5, 0.6) is 11.5 Å². The van der Waals surface area contributed by atoms with Gasteiger partial charge in [-0.05, 0) is 97.5 Å². The second-order valence-corrected chi connectivity index (χ2v) is 9.81. The Kier molecular flexibility index (Phi) is 6.86. The molecule has 0 spiro atoms. The lowest BCUT2D eigenvalue weighted by molar-refractivity contribution is 0.0686. The molecule has 38 heavy (non-hydrogen) atoms. The topological polar surface area (TPSA) is 118 Å². The summed E-state index contributed by atoms with van der Waals surface area (Å²) in [7, 11) is 0. The molecule has 0 aromatic heterocycles. The third kappa shape index (κ3) is 5.10. The van der Waals surface area contributed by atoms with Gasteiger partial charge in [-0.3, -0.25) is 0 Å². The van der Waals surface area contributed by atoms with E-state index in [9.17, 15) is 19.8 Å². The minimum Gasteiger partial charge on any atom is -0.491 e. The van der Waals surface area contributed by atoms with Crippen molar-refractivity contribution in [1.82, 2.24) is 0 Å². The van der Waals surface area contributed by atoms with Crippen molar-refractivity contribution in [3.8, 4) is 33.8 Å². The molecular weight excluding hydrogens is 488 g/mol. The largest absolute Gasteiger partial charge is 0.491 e. The van der Waals surface area contributed by atoms with E-state index >= 15 is 0 Å². The van der Waals surface area contributed by atoms with Crippen molar-refractivity contribution in [2.24, 2.45) is 0 Å². The number of hydrogen-bond donors (Lipinski definition) is 2. The van der Waals surface area contributed by atoms with E-state index < -0.39 is 11.9 Å². The zero-order valence-electron chi connectivity index (χ0n) is 21.8. The molecule has 2 heterocycles. The number of aromatic carboxylic acids is 2. The summed E-state index contributed by atoms with van der Waals surface area (Å²) in [5.41, 5.74) is 6.49. The third-order valence-corrected chi connectivity index (χ3v) is 7.28. The molecule has 0 radical (unpaired) electrons. The van der Waals surface area contributed by atoms with Crippen LogP contribution in [0.15, 0.2) is 36.4 Å². The lowest BCUT2D eigenvalue weighted by atomic mass is 9.81. The Morgan fingerprint density at radius 2 is 1.05 bits per heavy atom. The molecule has 2 saturated heterocycles. The quantitative estimate of drug-likeness (QED) is 0.352. The van der Waals surface area contributed by atoms with Crippen molar-refractivity contribution in [3.05, 3.63) is 69.8 Å². The summed E-state index contributed by atoms with van der Waals surface area (Å²) in [6, 6.07) is 9.96. The number of hydrogen-bond acceptors (Lipinski definition) is 6. The third-order valence-electron chi connectivity index (χ3n) is 7.28. The second-order valence-electron chi connectivity index (χ2n) is 9.81. The molecule has 2 aliphatic heterocycles. The monoisotopic (exact) mass is 518 g/mol. The maximum absolute atomic E-state index is 12.2. The fourth-order valence-electron chi connectivity index (χ4n) is 4.84. The first-order valence-electron chi connectivity index (χ1n) is 12.5. The first-order valence-corrected chi connectivity index (χ1v) is 12.5. The first-order chi connectivity index (χ1) is 18.2. The molecule has 2 aliphatic rings. The predicted octanol–water partition coefficient (Wildman–Crippen LogP) is 5.21. The lowest BCUT2D eigenvalue weighted by Gasteiger charge is -2.23. The molecule has 198 valence electrons. The fraction of sp³-hybridized carbons (Fsp3) is 0.333. The van der Waals surface area contributed by atoms with Gasteiger partial charge in [-0.1, -0.05) is 0 Å². The highest BCUT2D eigenvalue weighted by molar-refractivity contribution is 6.01. The van der Waals surface area contributed by atoms with E-state index in [0.29, 0.717) is 49.1 Å². The van der Waals surface area contributed by atoms with Crippen molar-refractivity contribution in [2.45, 2.75) is 39.9 Å². The highest BCUT2D eigenvalue weighted by atomic mass is 16.6. The average Bonchev–Trinajstić information content (AvgIpc) is 3.81. The average molecular weight is 519 g/mol. The van der Waals surface area contributed by atoms with Gasteiger partial charge in [0.1, 0.15) is 36.9 Å². The van der Waals surface area contributed by atoms with Crippen molar-refractivity contribution in [3.63, 3.8) is 0 Å². The molecule has 3 aromatic carbocycles. The van der Waals surface area contributed by atoms with Gasteiger partial charge in [0.25, 0.3) is 0 Å². The summed E-state index contributed by atoms with van der Waals surface area (Å²) in [6.45, 7) is 9.88. The molecule has 8 heteroatoms. The Hall–Kier alpha value is -3.88. The van der Waals surface area contributed by atoms with Gasteiger partial charge < -0.3 is 29.2 Å². The molecule has 8 nitrogen and oxygen atoms in total. The minimum atomic E-state index is -1.03. The van der Waals surface area contributed by atoms with Gasteiger partial charge >= 0.3 is 11.9 Å². The highest BCUT2D eigenvalue weighted by Gasteiger charge is 2.27. The van der Waals surface area contributed by atoms with Crippen molar-refractivity contribution in [2.75, 3.05) is 26.4 Å². The summed E-state index contributed by atoms with van der Waals surface area (Å²) in [4.78, 5) is 24.4. The zero-order valence-corrected chi connectivity index (χ0v) is 21.8. The number of carboxylic acids is 2. The minimum absolute atomic E-state index is 0.0739. The van der Waals surface area contributed by atoms with Crippen LogP contribution >= 0.6 is 0 Å². The van der Waals surface area contributed by atoms with Crippen LogP contribution in [0.1, 0.15) is 43.0 Å². The summed E-state index contributed by atoms with van der Waals surface area (Å²) < 4.78 is 22.1. The van der Waals surface area contributed by atoms with Crippen LogP contribution in [0.2, 0.25) is 0 Å². The van der Waals surface area contributed by atoms with E-state index in [2.05, 4.69) is 0 Å². The Morgan fingerprint density at radius 1 is 0.711 bits per heavy atom. The summed E-state index contributed by atoms with van der Waals surface area (Å²) >= 11 is 0. The Morgan fingerprint density at radius 3 is 1.34 bits per heavy atom. The maximum Gasteiger partial charge on any atom is 0.336 e. The first kappa shape index (κ1) is 25.8. The van der Waals surface area contributed by atoms with Crippen LogP contribution in [0.3, 0.4) is 0 Å². The SMILES string of the molecule is Cc1c(C)c(-c2cc(OCC3CO3)ccc2C(=O)O)c(C)c(C)c1-c1cc(OCC2CO2)ccc1C(=O)O. The molecule has 3 aromatic rings. The van der Waals surface area contributed by atoms with E-state index in [4.69, 9.17) is 18.9 Å². The van der Waals surface area contributed by atoms with Crippen LogP contribution in [0, 0.1) is 27.7 Å². The molecule has 2 atom stereocenters. The number of rotatable bonds is 10. The Bertz CT molecular complexity index is 1300. The summed E-state index contributed by atoms with van der Waals surface area (Å²) in [6.07, 6.45) is 0.148.